The fourth-order valence-corrected chi connectivity index (χ4v) is 2.87. The van der Waals surface area contributed by atoms with Gasteiger partial charge in [0, 0.05) is 31.9 Å². The number of halogens is 1. The number of carbonyl (C=O) groups excluding carboxylic acids is 1. The Bertz CT molecular complexity index is 704. The van der Waals surface area contributed by atoms with Crippen molar-refractivity contribution in [3.05, 3.63) is 47.9 Å². The van der Waals surface area contributed by atoms with E-state index in [0.717, 1.165) is 25.1 Å². The number of oxazole rings is 1. The van der Waals surface area contributed by atoms with Crippen LogP contribution in [0.1, 0.15) is 29.2 Å². The van der Waals surface area contributed by atoms with Crippen molar-refractivity contribution in [1.29, 1.82) is 0 Å². The minimum absolute atomic E-state index is 0.0166. The number of anilines is 1. The summed E-state index contributed by atoms with van der Waals surface area (Å²) < 4.78 is 23.5. The van der Waals surface area contributed by atoms with Crippen LogP contribution in [0.4, 0.5) is 10.1 Å². The lowest BCUT2D eigenvalue weighted by Gasteiger charge is -2.34. The van der Waals surface area contributed by atoms with Gasteiger partial charge in [-0.2, -0.15) is 0 Å². The standard InChI is InChI=1S/C17H20FN3O3/c1-23-11-16-20-15(10-24-16)17(22)19-13-5-3-7-21(9-13)14-6-2-4-12(18)8-14/h2,4,6,8,10,13H,3,5,7,9,11H2,1H3,(H,19,22)/t13-/m0/s1. The van der Waals surface area contributed by atoms with Crippen molar-refractivity contribution >= 4 is 11.6 Å². The molecule has 1 amide bonds. The SMILES string of the molecule is COCc1nc(C(=O)N[C@H]2CCCN(c3cccc(F)c3)C2)co1. The summed E-state index contributed by atoms with van der Waals surface area (Å²) in [6, 6.07) is 6.49. The van der Waals surface area contributed by atoms with Crippen molar-refractivity contribution in [2.45, 2.75) is 25.5 Å². The highest BCUT2D eigenvalue weighted by Crippen LogP contribution is 2.21. The Balaban J connectivity index is 1.61. The molecule has 0 radical (unpaired) electrons. The highest BCUT2D eigenvalue weighted by Gasteiger charge is 2.23. The van der Waals surface area contributed by atoms with Gasteiger partial charge >= 0.3 is 0 Å². The molecule has 1 aliphatic heterocycles. The van der Waals surface area contributed by atoms with Crippen molar-refractivity contribution in [3.63, 3.8) is 0 Å². The zero-order valence-electron chi connectivity index (χ0n) is 13.5. The zero-order valence-corrected chi connectivity index (χ0v) is 13.5. The third kappa shape index (κ3) is 3.91. The molecule has 1 aliphatic rings. The molecular weight excluding hydrogens is 313 g/mol. The Kier molecular flexibility index (Phi) is 5.10. The van der Waals surface area contributed by atoms with Crippen LogP contribution >= 0.6 is 0 Å². The molecule has 24 heavy (non-hydrogen) atoms. The molecule has 1 saturated heterocycles. The molecule has 1 N–H and O–H groups in total. The van der Waals surface area contributed by atoms with Gasteiger partial charge in [-0.1, -0.05) is 6.07 Å². The highest BCUT2D eigenvalue weighted by atomic mass is 19.1. The van der Waals surface area contributed by atoms with Crippen molar-refractivity contribution in [1.82, 2.24) is 10.3 Å². The Morgan fingerprint density at radius 1 is 1.54 bits per heavy atom. The molecule has 1 fully saturated rings. The number of hydrogen-bond acceptors (Lipinski definition) is 5. The third-order valence-corrected chi connectivity index (χ3v) is 3.98. The predicted molar refractivity (Wildman–Crippen MR) is 86.3 cm³/mol. The van der Waals surface area contributed by atoms with Crippen LogP contribution in [0.2, 0.25) is 0 Å². The smallest absolute Gasteiger partial charge is 0.273 e. The number of methoxy groups -OCH3 is 1. The third-order valence-electron chi connectivity index (χ3n) is 3.98. The Morgan fingerprint density at radius 3 is 3.21 bits per heavy atom. The minimum atomic E-state index is -0.271. The molecule has 1 aromatic heterocycles. The van der Waals surface area contributed by atoms with Crippen LogP contribution in [0.3, 0.4) is 0 Å². The van der Waals surface area contributed by atoms with E-state index < -0.39 is 0 Å². The van der Waals surface area contributed by atoms with Crippen LogP contribution in [0.25, 0.3) is 0 Å². The molecule has 0 aliphatic carbocycles. The highest BCUT2D eigenvalue weighted by molar-refractivity contribution is 5.92. The van der Waals surface area contributed by atoms with Crippen LogP contribution in [0.5, 0.6) is 0 Å². The largest absolute Gasteiger partial charge is 0.446 e. The van der Waals surface area contributed by atoms with E-state index in [9.17, 15) is 9.18 Å². The van der Waals surface area contributed by atoms with Crippen LogP contribution in [0, 0.1) is 5.82 Å². The minimum Gasteiger partial charge on any atom is -0.446 e. The van der Waals surface area contributed by atoms with Crippen molar-refractivity contribution < 1.29 is 18.3 Å². The molecule has 2 heterocycles. The fourth-order valence-electron chi connectivity index (χ4n) is 2.87. The number of carbonyl (C=O) groups is 1. The van der Waals surface area contributed by atoms with Gasteiger partial charge in [-0.25, -0.2) is 9.37 Å². The second kappa shape index (κ2) is 7.44. The molecule has 0 unspecified atom stereocenters. The predicted octanol–water partition coefficient (Wildman–Crippen LogP) is 2.36. The number of ether oxygens (including phenoxy) is 1. The quantitative estimate of drug-likeness (QED) is 0.910. The van der Waals surface area contributed by atoms with Crippen LogP contribution < -0.4 is 10.2 Å². The summed E-state index contributed by atoms with van der Waals surface area (Å²) in [6.07, 6.45) is 3.13. The lowest BCUT2D eigenvalue weighted by atomic mass is 10.0. The molecule has 6 nitrogen and oxygen atoms in total. The van der Waals surface area contributed by atoms with Gasteiger partial charge in [-0.05, 0) is 31.0 Å². The molecule has 0 spiro atoms. The summed E-state index contributed by atoms with van der Waals surface area (Å²) in [6.45, 7) is 1.71. The molecule has 2 aromatic rings. The summed E-state index contributed by atoms with van der Waals surface area (Å²) in [5.41, 5.74) is 1.07. The molecule has 0 saturated carbocycles. The summed E-state index contributed by atoms with van der Waals surface area (Å²) >= 11 is 0. The van der Waals surface area contributed by atoms with E-state index in [4.69, 9.17) is 9.15 Å². The first-order valence-electron chi connectivity index (χ1n) is 7.90. The lowest BCUT2D eigenvalue weighted by molar-refractivity contribution is 0.0928. The molecule has 128 valence electrons. The number of piperidine rings is 1. The summed E-state index contributed by atoms with van der Waals surface area (Å²) in [7, 11) is 1.53. The number of nitrogens with zero attached hydrogens (tertiary/aromatic N) is 2. The van der Waals surface area contributed by atoms with Gasteiger partial charge in [0.15, 0.2) is 5.69 Å². The van der Waals surface area contributed by atoms with E-state index in [1.54, 1.807) is 6.07 Å². The number of amides is 1. The Morgan fingerprint density at radius 2 is 2.42 bits per heavy atom. The number of aromatic nitrogens is 1. The van der Waals surface area contributed by atoms with E-state index >= 15 is 0 Å². The summed E-state index contributed by atoms with van der Waals surface area (Å²) in [5, 5.41) is 2.97. The lowest BCUT2D eigenvalue weighted by Crippen LogP contribution is -2.48. The Hall–Kier alpha value is -2.41. The van der Waals surface area contributed by atoms with E-state index in [1.165, 1.54) is 25.5 Å². The van der Waals surface area contributed by atoms with E-state index in [-0.39, 0.29) is 30.1 Å². The maximum Gasteiger partial charge on any atom is 0.273 e. The number of rotatable bonds is 5. The monoisotopic (exact) mass is 333 g/mol. The Labute approximate surface area is 139 Å². The number of benzene rings is 1. The second-order valence-electron chi connectivity index (χ2n) is 5.80. The average Bonchev–Trinajstić information content (AvgIpc) is 3.04. The van der Waals surface area contributed by atoms with Crippen LogP contribution in [-0.4, -0.2) is 37.1 Å². The van der Waals surface area contributed by atoms with Gasteiger partial charge in [0.2, 0.25) is 5.89 Å². The molecular formula is C17H20FN3O3. The van der Waals surface area contributed by atoms with Crippen LogP contribution in [0.15, 0.2) is 34.9 Å². The summed E-state index contributed by atoms with van der Waals surface area (Å²) in [4.78, 5) is 18.4. The maximum absolute atomic E-state index is 13.4. The van der Waals surface area contributed by atoms with Gasteiger partial charge in [0.25, 0.3) is 5.91 Å². The van der Waals surface area contributed by atoms with Crippen molar-refractivity contribution in [2.24, 2.45) is 0 Å². The normalized spacial score (nSPS) is 17.8. The van der Waals surface area contributed by atoms with Gasteiger partial charge in [-0.15, -0.1) is 0 Å². The second-order valence-corrected chi connectivity index (χ2v) is 5.80. The molecule has 1 aromatic carbocycles. The number of hydrogen-bond donors (Lipinski definition) is 1. The first kappa shape index (κ1) is 16.4. The average molecular weight is 333 g/mol. The molecule has 3 rings (SSSR count). The first-order chi connectivity index (χ1) is 11.7. The fraction of sp³-hybridized carbons (Fsp3) is 0.412. The van der Waals surface area contributed by atoms with Crippen molar-refractivity contribution in [2.75, 3.05) is 25.1 Å². The van der Waals surface area contributed by atoms with Gasteiger partial charge in [0.1, 0.15) is 18.7 Å². The van der Waals surface area contributed by atoms with Gasteiger partial charge in [0.05, 0.1) is 0 Å². The van der Waals surface area contributed by atoms with Crippen LogP contribution in [-0.2, 0) is 11.3 Å². The van der Waals surface area contributed by atoms with Crippen molar-refractivity contribution in [3.8, 4) is 0 Å². The van der Waals surface area contributed by atoms with E-state index in [1.807, 2.05) is 6.07 Å². The molecule has 1 atom stereocenters. The van der Waals surface area contributed by atoms with Gasteiger partial charge < -0.3 is 19.4 Å². The topological polar surface area (TPSA) is 67.6 Å². The van der Waals surface area contributed by atoms with E-state index in [2.05, 4.69) is 15.2 Å². The maximum atomic E-state index is 13.4. The zero-order chi connectivity index (χ0) is 16.9. The molecule has 7 heteroatoms. The first-order valence-corrected chi connectivity index (χ1v) is 7.90. The number of nitrogens with one attached hydrogen (secondary N) is 1. The van der Waals surface area contributed by atoms with E-state index in [0.29, 0.717) is 12.4 Å². The molecule has 0 bridgehead atoms. The summed E-state index contributed by atoms with van der Waals surface area (Å²) in [5.74, 6) is -0.160. The van der Waals surface area contributed by atoms with Gasteiger partial charge in [-0.3, -0.25) is 4.79 Å².